The molecule has 1 aromatic heterocycles. The van der Waals surface area contributed by atoms with Crippen molar-refractivity contribution in [1.82, 2.24) is 14.5 Å². The fraction of sp³-hybridized carbons (Fsp3) is 0.194. The second kappa shape index (κ2) is 11.2. The van der Waals surface area contributed by atoms with Gasteiger partial charge >= 0.3 is 0 Å². The maximum Gasteiger partial charge on any atom is 0.295 e. The standard InChI is InChI=1S/C31H29N3O4/c1-22-8-5-6-11-25(22)20-38-26-14-12-24(13-15-26)29(35)27-28(23-9-3-2-4-10-23)34(31(37)30(27)36)18-7-17-33-19-16-32-21-33/h2-6,8-16,19,21,28,35H,7,17-18,20H2,1H3/b29-27-. The van der Waals surface area contributed by atoms with Gasteiger partial charge in [0.1, 0.15) is 18.1 Å². The summed E-state index contributed by atoms with van der Waals surface area (Å²) >= 11 is 0. The van der Waals surface area contributed by atoms with Gasteiger partial charge in [-0.3, -0.25) is 9.59 Å². The lowest BCUT2D eigenvalue weighted by atomic mass is 9.95. The van der Waals surface area contributed by atoms with Crippen LogP contribution in [-0.2, 0) is 22.7 Å². The highest BCUT2D eigenvalue weighted by atomic mass is 16.5. The van der Waals surface area contributed by atoms with Crippen molar-refractivity contribution in [1.29, 1.82) is 0 Å². The van der Waals surface area contributed by atoms with E-state index < -0.39 is 17.7 Å². The molecule has 0 spiro atoms. The number of ether oxygens (including phenoxy) is 1. The molecular weight excluding hydrogens is 478 g/mol. The largest absolute Gasteiger partial charge is 0.507 e. The van der Waals surface area contributed by atoms with Gasteiger partial charge in [-0.1, -0.05) is 54.6 Å². The van der Waals surface area contributed by atoms with Crippen LogP contribution in [0.15, 0.2) is 103 Å². The highest BCUT2D eigenvalue weighted by Gasteiger charge is 2.45. The zero-order valence-corrected chi connectivity index (χ0v) is 21.2. The number of carbonyl (C=O) groups excluding carboxylic acids is 2. The van der Waals surface area contributed by atoms with Crippen molar-refractivity contribution in [3.63, 3.8) is 0 Å². The summed E-state index contributed by atoms with van der Waals surface area (Å²) in [5, 5.41) is 11.3. The average Bonchev–Trinajstić information content (AvgIpc) is 3.55. The number of carbonyl (C=O) groups is 2. The fourth-order valence-corrected chi connectivity index (χ4v) is 4.73. The van der Waals surface area contributed by atoms with Crippen LogP contribution in [0.5, 0.6) is 5.75 Å². The number of aliphatic hydroxyl groups is 1. The molecule has 1 atom stereocenters. The Hall–Kier alpha value is -4.65. The van der Waals surface area contributed by atoms with Crippen LogP contribution in [0, 0.1) is 6.92 Å². The molecule has 1 aliphatic rings. The van der Waals surface area contributed by atoms with E-state index in [1.165, 1.54) is 0 Å². The molecule has 2 heterocycles. The number of hydrogen-bond acceptors (Lipinski definition) is 5. The molecule has 4 aromatic rings. The maximum absolute atomic E-state index is 13.2. The molecule has 7 nitrogen and oxygen atoms in total. The molecule has 0 bridgehead atoms. The minimum Gasteiger partial charge on any atom is -0.507 e. The van der Waals surface area contributed by atoms with Crippen molar-refractivity contribution in [2.45, 2.75) is 32.5 Å². The summed E-state index contributed by atoms with van der Waals surface area (Å²) in [4.78, 5) is 31.9. The quantitative estimate of drug-likeness (QED) is 0.189. The van der Waals surface area contributed by atoms with Gasteiger partial charge in [0.05, 0.1) is 17.9 Å². The number of aliphatic hydroxyl groups excluding tert-OH is 1. The molecular formula is C31H29N3O4. The van der Waals surface area contributed by atoms with Crippen LogP contribution in [0.2, 0.25) is 0 Å². The van der Waals surface area contributed by atoms with Gasteiger partial charge in [0.2, 0.25) is 0 Å². The third-order valence-electron chi connectivity index (χ3n) is 6.81. The first-order valence-electron chi connectivity index (χ1n) is 12.6. The SMILES string of the molecule is Cc1ccccc1COc1ccc(/C(O)=C2/C(=O)C(=O)N(CCCn3ccnc3)C2c2ccccc2)cc1. The van der Waals surface area contributed by atoms with Crippen molar-refractivity contribution in [3.05, 3.63) is 125 Å². The Labute approximate surface area is 221 Å². The number of nitrogens with zero attached hydrogens (tertiary/aromatic N) is 3. The fourth-order valence-electron chi connectivity index (χ4n) is 4.73. The van der Waals surface area contributed by atoms with Gasteiger partial charge in [0.15, 0.2) is 0 Å². The molecule has 0 radical (unpaired) electrons. The number of Topliss-reactive ketones (excluding diaryl/α,β-unsaturated/α-hetero) is 1. The number of ketones is 1. The van der Waals surface area contributed by atoms with Gasteiger partial charge in [-0.25, -0.2) is 4.98 Å². The number of imidazole rings is 1. The number of aromatic nitrogens is 2. The molecule has 0 aliphatic carbocycles. The van der Waals surface area contributed by atoms with E-state index in [0.29, 0.717) is 37.4 Å². The predicted octanol–water partition coefficient (Wildman–Crippen LogP) is 5.28. The molecule has 192 valence electrons. The normalized spacial score (nSPS) is 16.7. The third kappa shape index (κ3) is 5.22. The summed E-state index contributed by atoms with van der Waals surface area (Å²) in [6.45, 7) is 3.49. The molecule has 7 heteroatoms. The summed E-state index contributed by atoms with van der Waals surface area (Å²) in [6.07, 6.45) is 5.92. The smallest absolute Gasteiger partial charge is 0.295 e. The number of benzene rings is 3. The zero-order chi connectivity index (χ0) is 26.5. The van der Waals surface area contributed by atoms with Gasteiger partial charge in [0.25, 0.3) is 11.7 Å². The summed E-state index contributed by atoms with van der Waals surface area (Å²) in [6, 6.07) is 23.6. The van der Waals surface area contributed by atoms with Crippen LogP contribution in [0.1, 0.15) is 34.7 Å². The lowest BCUT2D eigenvalue weighted by Gasteiger charge is -2.25. The lowest BCUT2D eigenvalue weighted by molar-refractivity contribution is -0.139. The van der Waals surface area contributed by atoms with E-state index >= 15 is 0 Å². The van der Waals surface area contributed by atoms with E-state index in [-0.39, 0.29) is 11.3 Å². The summed E-state index contributed by atoms with van der Waals surface area (Å²) in [7, 11) is 0. The van der Waals surface area contributed by atoms with Gasteiger partial charge in [0, 0.05) is 31.0 Å². The molecule has 5 rings (SSSR count). The molecule has 38 heavy (non-hydrogen) atoms. The summed E-state index contributed by atoms with van der Waals surface area (Å²) < 4.78 is 7.85. The van der Waals surface area contributed by atoms with E-state index in [1.54, 1.807) is 41.7 Å². The van der Waals surface area contributed by atoms with Crippen molar-refractivity contribution in [3.8, 4) is 5.75 Å². The van der Waals surface area contributed by atoms with Crippen LogP contribution in [0.25, 0.3) is 5.76 Å². The number of hydrogen-bond donors (Lipinski definition) is 1. The monoisotopic (exact) mass is 507 g/mol. The van der Waals surface area contributed by atoms with Crippen molar-refractivity contribution in [2.75, 3.05) is 6.54 Å². The molecule has 1 amide bonds. The average molecular weight is 508 g/mol. The predicted molar refractivity (Wildman–Crippen MR) is 144 cm³/mol. The highest BCUT2D eigenvalue weighted by Crippen LogP contribution is 2.39. The first kappa shape index (κ1) is 25.0. The molecule has 1 fully saturated rings. The second-order valence-corrected chi connectivity index (χ2v) is 9.30. The summed E-state index contributed by atoms with van der Waals surface area (Å²) in [5.74, 6) is -0.841. The van der Waals surface area contributed by atoms with E-state index in [9.17, 15) is 14.7 Å². The number of amides is 1. The van der Waals surface area contributed by atoms with Crippen LogP contribution in [-0.4, -0.2) is 37.8 Å². The lowest BCUT2D eigenvalue weighted by Crippen LogP contribution is -2.31. The number of rotatable bonds is 9. The molecule has 3 aromatic carbocycles. The van der Waals surface area contributed by atoms with Crippen LogP contribution in [0.4, 0.5) is 0 Å². The van der Waals surface area contributed by atoms with Crippen LogP contribution < -0.4 is 4.74 Å². The molecule has 1 aliphatic heterocycles. The van der Waals surface area contributed by atoms with Crippen molar-refractivity contribution in [2.24, 2.45) is 0 Å². The van der Waals surface area contributed by atoms with Crippen molar-refractivity contribution < 1.29 is 19.4 Å². The highest BCUT2D eigenvalue weighted by molar-refractivity contribution is 6.46. The molecule has 0 saturated carbocycles. The Balaban J connectivity index is 1.40. The van der Waals surface area contributed by atoms with E-state index in [0.717, 1.165) is 16.7 Å². The first-order valence-corrected chi connectivity index (χ1v) is 12.6. The van der Waals surface area contributed by atoms with Gasteiger partial charge in [-0.05, 0) is 54.3 Å². The Morgan fingerprint density at radius 3 is 2.39 bits per heavy atom. The van der Waals surface area contributed by atoms with Crippen molar-refractivity contribution >= 4 is 17.4 Å². The first-order chi connectivity index (χ1) is 18.5. The Morgan fingerprint density at radius 2 is 1.68 bits per heavy atom. The van der Waals surface area contributed by atoms with Gasteiger partial charge in [-0.2, -0.15) is 0 Å². The van der Waals surface area contributed by atoms with E-state index in [2.05, 4.69) is 4.98 Å². The van der Waals surface area contributed by atoms with E-state index in [1.807, 2.05) is 72.3 Å². The number of likely N-dealkylation sites (tertiary alicyclic amines) is 1. The zero-order valence-electron chi connectivity index (χ0n) is 21.2. The Morgan fingerprint density at radius 1 is 0.947 bits per heavy atom. The van der Waals surface area contributed by atoms with Gasteiger partial charge < -0.3 is 19.3 Å². The second-order valence-electron chi connectivity index (χ2n) is 9.30. The van der Waals surface area contributed by atoms with E-state index in [4.69, 9.17) is 4.74 Å². The van der Waals surface area contributed by atoms with Crippen LogP contribution >= 0.6 is 0 Å². The summed E-state index contributed by atoms with van der Waals surface area (Å²) in [5.41, 5.74) is 3.56. The minimum absolute atomic E-state index is 0.0948. The Kier molecular flexibility index (Phi) is 7.35. The third-order valence-corrected chi connectivity index (χ3v) is 6.81. The van der Waals surface area contributed by atoms with Crippen LogP contribution in [0.3, 0.4) is 0 Å². The topological polar surface area (TPSA) is 84.7 Å². The number of aryl methyl sites for hydroxylation is 2. The Bertz CT molecular complexity index is 1440. The minimum atomic E-state index is -0.682. The molecule has 1 unspecified atom stereocenters. The molecule has 1 saturated heterocycles. The molecule has 1 N–H and O–H groups in total. The maximum atomic E-state index is 13.2. The van der Waals surface area contributed by atoms with Gasteiger partial charge in [-0.15, -0.1) is 0 Å².